The largest absolute Gasteiger partial charge is 0.488 e. The lowest BCUT2D eigenvalue weighted by Gasteiger charge is -1.92. The van der Waals surface area contributed by atoms with Gasteiger partial charge in [0, 0.05) is 17.7 Å². The molecule has 1 aliphatic rings. The summed E-state index contributed by atoms with van der Waals surface area (Å²) in [5.74, 6) is 1.04. The molecule has 1 aromatic heterocycles. The maximum atomic E-state index is 5.52. The van der Waals surface area contributed by atoms with Crippen molar-refractivity contribution in [3.05, 3.63) is 35.2 Å². The zero-order valence-corrected chi connectivity index (χ0v) is 7.23. The van der Waals surface area contributed by atoms with E-state index in [-0.39, 0.29) is 0 Å². The van der Waals surface area contributed by atoms with Gasteiger partial charge in [0.1, 0.15) is 12.4 Å². The highest BCUT2D eigenvalue weighted by atomic mass is 32.1. The fourth-order valence-electron chi connectivity index (χ4n) is 1.59. The second-order valence-corrected chi connectivity index (χ2v) is 3.81. The lowest BCUT2D eigenvalue weighted by atomic mass is 10.2. The summed E-state index contributed by atoms with van der Waals surface area (Å²) in [6, 6.07) is 8.36. The monoisotopic (exact) mass is 175 g/mol. The normalized spacial score (nSPS) is 13.3. The molecule has 0 N–H and O–H groups in total. The van der Waals surface area contributed by atoms with Gasteiger partial charge in [-0.1, -0.05) is 6.07 Å². The minimum atomic E-state index is 0.739. The van der Waals surface area contributed by atoms with E-state index in [1.54, 1.807) is 11.3 Å². The van der Waals surface area contributed by atoms with Crippen molar-refractivity contribution < 1.29 is 4.74 Å². The Morgan fingerprint density at radius 2 is 2.25 bits per heavy atom. The number of hydrogen-bond donors (Lipinski definition) is 0. The summed E-state index contributed by atoms with van der Waals surface area (Å²) in [4.78, 5) is 0. The number of ether oxygens (including phenoxy) is 1. The van der Waals surface area contributed by atoms with E-state index in [1.165, 1.54) is 15.6 Å². The number of hydrogen-bond acceptors (Lipinski definition) is 1. The average Bonchev–Trinajstić information content (AvgIpc) is 2.52. The highest BCUT2D eigenvalue weighted by Crippen LogP contribution is 2.36. The second kappa shape index (κ2) is 2.17. The lowest BCUT2D eigenvalue weighted by Crippen LogP contribution is -1.82. The minimum absolute atomic E-state index is 0.739. The Hall–Kier alpha value is -1.15. The molecular formula is C10H7OS+. The molecule has 0 fully saturated rings. The molecule has 0 atom stereocenters. The Morgan fingerprint density at radius 1 is 1.25 bits per heavy atom. The van der Waals surface area contributed by atoms with Crippen LogP contribution in [0.1, 0.15) is 5.56 Å². The van der Waals surface area contributed by atoms with E-state index >= 15 is 0 Å². The lowest BCUT2D eigenvalue weighted by molar-refractivity contribution is 0.327. The number of rotatable bonds is 0. The van der Waals surface area contributed by atoms with Crippen LogP contribution in [0.2, 0.25) is 0 Å². The van der Waals surface area contributed by atoms with Crippen molar-refractivity contribution in [3.8, 4) is 5.75 Å². The van der Waals surface area contributed by atoms with Gasteiger partial charge in [-0.15, -0.1) is 0 Å². The van der Waals surface area contributed by atoms with Gasteiger partial charge < -0.3 is 4.74 Å². The minimum Gasteiger partial charge on any atom is -0.488 e. The summed E-state index contributed by atoms with van der Waals surface area (Å²) >= 11 is 1.77. The van der Waals surface area contributed by atoms with E-state index in [2.05, 4.69) is 17.5 Å². The first kappa shape index (κ1) is 6.38. The molecule has 0 amide bonds. The first-order valence-electron chi connectivity index (χ1n) is 3.90. The van der Waals surface area contributed by atoms with Crippen molar-refractivity contribution in [1.29, 1.82) is 0 Å². The summed E-state index contributed by atoms with van der Waals surface area (Å²) in [5, 5.41) is 3.43. The first-order chi connectivity index (χ1) is 5.95. The second-order valence-electron chi connectivity index (χ2n) is 2.86. The van der Waals surface area contributed by atoms with Gasteiger partial charge in [0.2, 0.25) is 16.0 Å². The number of benzene rings is 1. The quantitative estimate of drug-likeness (QED) is 0.559. The summed E-state index contributed by atoms with van der Waals surface area (Å²) in [7, 11) is 0. The van der Waals surface area contributed by atoms with E-state index in [4.69, 9.17) is 4.74 Å². The van der Waals surface area contributed by atoms with E-state index in [9.17, 15) is 0 Å². The van der Waals surface area contributed by atoms with Crippen LogP contribution in [-0.2, 0) is 6.61 Å². The molecule has 1 aromatic carbocycles. The molecule has 0 saturated carbocycles. The summed E-state index contributed by atoms with van der Waals surface area (Å²) in [6.07, 6.45) is 0. The van der Waals surface area contributed by atoms with Gasteiger partial charge in [-0.2, -0.15) is 0 Å². The van der Waals surface area contributed by atoms with E-state index in [0.717, 1.165) is 12.4 Å². The molecule has 0 bridgehead atoms. The topological polar surface area (TPSA) is 9.23 Å². The highest BCUT2D eigenvalue weighted by Gasteiger charge is 2.19. The van der Waals surface area contributed by atoms with Crippen LogP contribution >= 0.6 is 11.3 Å². The molecule has 12 heavy (non-hydrogen) atoms. The van der Waals surface area contributed by atoms with Crippen LogP contribution in [0.3, 0.4) is 0 Å². The molecule has 0 spiro atoms. The summed E-state index contributed by atoms with van der Waals surface area (Å²) in [6.45, 7) is 0.739. The Bertz CT molecular complexity index is 412. The van der Waals surface area contributed by atoms with Crippen molar-refractivity contribution in [3.63, 3.8) is 0 Å². The Labute approximate surface area is 74.2 Å². The molecule has 0 radical (unpaired) electrons. The first-order valence-corrected chi connectivity index (χ1v) is 4.78. The Balaban J connectivity index is 2.58. The van der Waals surface area contributed by atoms with Crippen LogP contribution in [0, 0.1) is 0 Å². The third-order valence-corrected chi connectivity index (χ3v) is 3.02. The zero-order chi connectivity index (χ0) is 7.97. The molecule has 2 aromatic rings. The van der Waals surface area contributed by atoms with Gasteiger partial charge in [-0.25, -0.2) is 0 Å². The third-order valence-electron chi connectivity index (χ3n) is 2.16. The SMILES string of the molecule is c1cc2c3c(cc[s+]c3c1)CO2. The van der Waals surface area contributed by atoms with Crippen LogP contribution in [0.5, 0.6) is 5.75 Å². The van der Waals surface area contributed by atoms with Gasteiger partial charge in [0.05, 0.1) is 5.39 Å². The van der Waals surface area contributed by atoms with E-state index < -0.39 is 0 Å². The smallest absolute Gasteiger partial charge is 0.242 e. The van der Waals surface area contributed by atoms with Gasteiger partial charge in [-0.05, 0) is 6.07 Å². The van der Waals surface area contributed by atoms with Crippen molar-refractivity contribution in [2.45, 2.75) is 6.61 Å². The fourth-order valence-corrected chi connectivity index (χ4v) is 2.48. The zero-order valence-electron chi connectivity index (χ0n) is 6.41. The summed E-state index contributed by atoms with van der Waals surface area (Å²) in [5.41, 5.74) is 1.32. The summed E-state index contributed by atoms with van der Waals surface area (Å²) < 4.78 is 6.84. The maximum absolute atomic E-state index is 5.52. The highest BCUT2D eigenvalue weighted by molar-refractivity contribution is 7.16. The third kappa shape index (κ3) is 0.703. The van der Waals surface area contributed by atoms with Crippen molar-refractivity contribution in [2.75, 3.05) is 0 Å². The predicted molar refractivity (Wildman–Crippen MR) is 50.6 cm³/mol. The maximum Gasteiger partial charge on any atom is 0.242 e. The van der Waals surface area contributed by atoms with Crippen LogP contribution in [0.4, 0.5) is 0 Å². The van der Waals surface area contributed by atoms with Gasteiger partial charge in [0.15, 0.2) is 5.38 Å². The van der Waals surface area contributed by atoms with Crippen molar-refractivity contribution in [2.24, 2.45) is 0 Å². The van der Waals surface area contributed by atoms with Gasteiger partial charge in [-0.3, -0.25) is 0 Å². The predicted octanol–water partition coefficient (Wildman–Crippen LogP) is 3.07. The van der Waals surface area contributed by atoms with Gasteiger partial charge >= 0.3 is 0 Å². The van der Waals surface area contributed by atoms with Crippen LogP contribution in [0.15, 0.2) is 29.6 Å². The Morgan fingerprint density at radius 3 is 3.25 bits per heavy atom. The molecule has 58 valence electrons. The molecule has 2 heteroatoms. The van der Waals surface area contributed by atoms with Crippen LogP contribution in [0.25, 0.3) is 10.1 Å². The molecule has 1 nitrogen and oxygen atoms in total. The molecular weight excluding hydrogens is 168 g/mol. The average molecular weight is 175 g/mol. The van der Waals surface area contributed by atoms with E-state index in [0.29, 0.717) is 0 Å². The molecule has 1 aliphatic heterocycles. The fraction of sp³-hybridized carbons (Fsp3) is 0.100. The van der Waals surface area contributed by atoms with E-state index in [1.807, 2.05) is 12.1 Å². The standard InChI is InChI=1S/C10H7OS/c1-2-8-10-7(6-11-8)4-5-12-9(10)3-1/h1-5H,6H2/q+1. The van der Waals surface area contributed by atoms with Crippen molar-refractivity contribution in [1.82, 2.24) is 0 Å². The van der Waals surface area contributed by atoms with Crippen LogP contribution < -0.4 is 4.74 Å². The Kier molecular flexibility index (Phi) is 1.15. The van der Waals surface area contributed by atoms with Crippen molar-refractivity contribution >= 4 is 21.4 Å². The molecule has 2 heterocycles. The molecule has 0 saturated heterocycles. The molecule has 0 unspecified atom stereocenters. The molecule has 3 rings (SSSR count). The van der Waals surface area contributed by atoms with Gasteiger partial charge in [0.25, 0.3) is 0 Å². The molecule has 0 aliphatic carbocycles. The van der Waals surface area contributed by atoms with Crippen LogP contribution in [-0.4, -0.2) is 0 Å².